The van der Waals surface area contributed by atoms with Crippen molar-refractivity contribution in [2.24, 2.45) is 0 Å². The second kappa shape index (κ2) is 2.48. The molecule has 0 aliphatic carbocycles. The van der Waals surface area contributed by atoms with Crippen LogP contribution < -0.4 is 5.73 Å². The lowest BCUT2D eigenvalue weighted by molar-refractivity contribution is 0.460. The van der Waals surface area contributed by atoms with Gasteiger partial charge >= 0.3 is 0 Å². The molecule has 0 amide bonds. The van der Waals surface area contributed by atoms with Gasteiger partial charge in [0.05, 0.1) is 5.39 Å². The minimum atomic E-state index is 0.454. The smallest absolute Gasteiger partial charge is 0.175 e. The van der Waals surface area contributed by atoms with Crippen LogP contribution in [0.3, 0.4) is 0 Å². The summed E-state index contributed by atoms with van der Waals surface area (Å²) in [5.74, 6) is 0.454. The third-order valence-corrected chi connectivity index (χ3v) is 2.22. The van der Waals surface area contributed by atoms with Crippen molar-refractivity contribution in [2.45, 2.75) is 6.92 Å². The number of halogens is 1. The third-order valence-electron chi connectivity index (χ3n) is 1.76. The maximum atomic E-state index is 5.61. The molecule has 62 valence electrons. The molecule has 1 heterocycles. The van der Waals surface area contributed by atoms with Crippen molar-refractivity contribution in [3.63, 3.8) is 0 Å². The van der Waals surface area contributed by atoms with Crippen LogP contribution in [-0.4, -0.2) is 5.16 Å². The molecule has 0 fully saturated rings. The fraction of sp³-hybridized carbons (Fsp3) is 0.125. The normalized spacial score (nSPS) is 10.8. The van der Waals surface area contributed by atoms with E-state index < -0.39 is 0 Å². The molecule has 0 atom stereocenters. The Morgan fingerprint density at radius 1 is 1.50 bits per heavy atom. The second-order valence-corrected chi connectivity index (χ2v) is 3.58. The summed E-state index contributed by atoms with van der Waals surface area (Å²) in [6, 6.07) is 3.83. The molecular weight excluding hydrogens is 220 g/mol. The van der Waals surface area contributed by atoms with Crippen molar-refractivity contribution in [1.29, 1.82) is 0 Å². The second-order valence-electron chi connectivity index (χ2n) is 2.66. The molecule has 2 rings (SSSR count). The number of nitrogens with zero attached hydrogens (tertiary/aromatic N) is 1. The van der Waals surface area contributed by atoms with E-state index in [1.165, 1.54) is 0 Å². The Kier molecular flexibility index (Phi) is 1.58. The standard InChI is InChI=1S/C8H7BrN2O/c1-4-2-5(9)3-6-7(4)8(10)11-12-6/h2-3H,1H3,(H2,10,11). The number of aromatic nitrogens is 1. The van der Waals surface area contributed by atoms with Gasteiger partial charge in [0.25, 0.3) is 0 Å². The van der Waals surface area contributed by atoms with Crippen molar-refractivity contribution in [3.8, 4) is 0 Å². The number of rotatable bonds is 0. The summed E-state index contributed by atoms with van der Waals surface area (Å²) in [5, 5.41) is 4.58. The Hall–Kier alpha value is -1.03. The molecule has 4 heteroatoms. The van der Waals surface area contributed by atoms with Crippen molar-refractivity contribution in [3.05, 3.63) is 22.2 Å². The first-order chi connectivity index (χ1) is 5.68. The van der Waals surface area contributed by atoms with Gasteiger partial charge < -0.3 is 10.3 Å². The van der Waals surface area contributed by atoms with Gasteiger partial charge in [0, 0.05) is 4.47 Å². The summed E-state index contributed by atoms with van der Waals surface area (Å²) in [6.45, 7) is 1.97. The Balaban J connectivity index is 2.93. The Bertz CT molecular complexity index is 436. The van der Waals surface area contributed by atoms with Crippen LogP contribution in [0, 0.1) is 6.92 Å². The average molecular weight is 227 g/mol. The largest absolute Gasteiger partial charge is 0.380 e. The number of hydrogen-bond acceptors (Lipinski definition) is 3. The number of benzene rings is 1. The number of fused-ring (bicyclic) bond motifs is 1. The number of anilines is 1. The van der Waals surface area contributed by atoms with Crippen molar-refractivity contribution >= 4 is 32.7 Å². The lowest BCUT2D eigenvalue weighted by Gasteiger charge is -1.95. The van der Waals surface area contributed by atoms with Gasteiger partial charge in [-0.25, -0.2) is 0 Å². The van der Waals surface area contributed by atoms with Gasteiger partial charge in [0.2, 0.25) is 0 Å². The van der Waals surface area contributed by atoms with Gasteiger partial charge in [0.15, 0.2) is 11.4 Å². The van der Waals surface area contributed by atoms with E-state index in [1.54, 1.807) is 0 Å². The fourth-order valence-electron chi connectivity index (χ4n) is 1.26. The summed E-state index contributed by atoms with van der Waals surface area (Å²) in [5.41, 5.74) is 7.40. The van der Waals surface area contributed by atoms with Crippen molar-refractivity contribution in [1.82, 2.24) is 5.16 Å². The number of nitrogen functional groups attached to an aromatic ring is 1. The molecule has 2 aromatic rings. The van der Waals surface area contributed by atoms with E-state index in [4.69, 9.17) is 10.3 Å². The Morgan fingerprint density at radius 2 is 2.25 bits per heavy atom. The SMILES string of the molecule is Cc1cc(Br)cc2onc(N)c12. The zero-order valence-electron chi connectivity index (χ0n) is 6.47. The summed E-state index contributed by atoms with van der Waals surface area (Å²) in [6.07, 6.45) is 0. The summed E-state index contributed by atoms with van der Waals surface area (Å²) in [7, 11) is 0. The van der Waals surface area contributed by atoms with Crippen molar-refractivity contribution < 1.29 is 4.52 Å². The zero-order chi connectivity index (χ0) is 8.72. The highest BCUT2D eigenvalue weighted by Crippen LogP contribution is 2.27. The maximum Gasteiger partial charge on any atom is 0.175 e. The first-order valence-electron chi connectivity index (χ1n) is 3.49. The predicted octanol–water partition coefficient (Wildman–Crippen LogP) is 2.48. The molecule has 0 bridgehead atoms. The molecule has 0 saturated heterocycles. The van der Waals surface area contributed by atoms with Crippen LogP contribution in [0.5, 0.6) is 0 Å². The highest BCUT2D eigenvalue weighted by atomic mass is 79.9. The van der Waals surface area contributed by atoms with Gasteiger partial charge in [-0.3, -0.25) is 0 Å². The molecule has 3 nitrogen and oxygen atoms in total. The molecule has 1 aromatic carbocycles. The molecule has 0 aliphatic rings. The minimum Gasteiger partial charge on any atom is -0.380 e. The molecule has 12 heavy (non-hydrogen) atoms. The number of aryl methyl sites for hydroxylation is 1. The quantitative estimate of drug-likeness (QED) is 0.752. The number of hydrogen-bond donors (Lipinski definition) is 1. The number of nitrogens with two attached hydrogens (primary N) is 1. The van der Waals surface area contributed by atoms with E-state index in [-0.39, 0.29) is 0 Å². The Morgan fingerprint density at radius 3 is 3.00 bits per heavy atom. The van der Waals surface area contributed by atoms with E-state index in [0.29, 0.717) is 5.82 Å². The summed E-state index contributed by atoms with van der Waals surface area (Å²) >= 11 is 3.36. The molecule has 0 radical (unpaired) electrons. The maximum absolute atomic E-state index is 5.61. The van der Waals surface area contributed by atoms with Gasteiger partial charge in [0.1, 0.15) is 0 Å². The first kappa shape index (κ1) is 7.61. The fourth-order valence-corrected chi connectivity index (χ4v) is 1.81. The summed E-state index contributed by atoms with van der Waals surface area (Å²) in [4.78, 5) is 0. The van der Waals surface area contributed by atoms with Crippen LogP contribution in [0.4, 0.5) is 5.82 Å². The van der Waals surface area contributed by atoms with E-state index in [2.05, 4.69) is 21.1 Å². The van der Waals surface area contributed by atoms with Crippen molar-refractivity contribution in [2.75, 3.05) is 5.73 Å². The average Bonchev–Trinajstić information content (AvgIpc) is 2.31. The van der Waals surface area contributed by atoms with Crippen LogP contribution in [0.15, 0.2) is 21.1 Å². The Labute approximate surface area is 77.7 Å². The first-order valence-corrected chi connectivity index (χ1v) is 4.29. The van der Waals surface area contributed by atoms with Crippen LogP contribution in [-0.2, 0) is 0 Å². The van der Waals surface area contributed by atoms with E-state index in [0.717, 1.165) is 21.0 Å². The van der Waals surface area contributed by atoms with Gasteiger partial charge in [-0.1, -0.05) is 21.1 Å². The molecule has 0 saturated carbocycles. The van der Waals surface area contributed by atoms with E-state index >= 15 is 0 Å². The molecular formula is C8H7BrN2O. The molecule has 2 N–H and O–H groups in total. The van der Waals surface area contributed by atoms with Crippen LogP contribution in [0.25, 0.3) is 11.0 Å². The zero-order valence-corrected chi connectivity index (χ0v) is 8.05. The van der Waals surface area contributed by atoms with Crippen LogP contribution in [0.2, 0.25) is 0 Å². The van der Waals surface area contributed by atoms with Gasteiger partial charge in [-0.2, -0.15) is 0 Å². The van der Waals surface area contributed by atoms with Gasteiger partial charge in [-0.05, 0) is 24.6 Å². The minimum absolute atomic E-state index is 0.454. The highest BCUT2D eigenvalue weighted by Gasteiger charge is 2.07. The predicted molar refractivity (Wildman–Crippen MR) is 50.9 cm³/mol. The monoisotopic (exact) mass is 226 g/mol. The highest BCUT2D eigenvalue weighted by molar-refractivity contribution is 9.10. The lowest BCUT2D eigenvalue weighted by atomic mass is 10.1. The van der Waals surface area contributed by atoms with Crippen LogP contribution in [0.1, 0.15) is 5.56 Å². The molecule has 0 unspecified atom stereocenters. The lowest BCUT2D eigenvalue weighted by Crippen LogP contribution is -1.85. The summed E-state index contributed by atoms with van der Waals surface area (Å²) < 4.78 is 5.98. The van der Waals surface area contributed by atoms with E-state index in [9.17, 15) is 0 Å². The van der Waals surface area contributed by atoms with Gasteiger partial charge in [-0.15, -0.1) is 0 Å². The van der Waals surface area contributed by atoms with Crippen LogP contribution >= 0.6 is 15.9 Å². The topological polar surface area (TPSA) is 52.0 Å². The third kappa shape index (κ3) is 0.992. The molecule has 1 aromatic heterocycles. The van der Waals surface area contributed by atoms with E-state index in [1.807, 2.05) is 19.1 Å². The molecule has 0 spiro atoms. The molecule has 0 aliphatic heterocycles.